The highest BCUT2D eigenvalue weighted by Gasteiger charge is 2.21. The molecule has 0 aliphatic rings. The first-order valence-electron chi connectivity index (χ1n) is 5.96. The van der Waals surface area contributed by atoms with E-state index in [4.69, 9.17) is 9.47 Å². The van der Waals surface area contributed by atoms with Crippen LogP contribution < -0.4 is 5.56 Å². The number of H-pyrrole nitrogens is 1. The molecular formula is C12H16N2O5S. The summed E-state index contributed by atoms with van der Waals surface area (Å²) >= 11 is 0.777. The van der Waals surface area contributed by atoms with Gasteiger partial charge in [-0.3, -0.25) is 4.79 Å². The van der Waals surface area contributed by atoms with Crippen molar-refractivity contribution < 1.29 is 19.4 Å². The molecule has 0 saturated heterocycles. The second kappa shape index (κ2) is 7.59. The monoisotopic (exact) mass is 300 g/mol. The fourth-order valence-corrected chi connectivity index (χ4v) is 2.09. The number of carbonyl (C=O) groups excluding carboxylic acids is 1. The van der Waals surface area contributed by atoms with E-state index in [1.165, 1.54) is 6.07 Å². The van der Waals surface area contributed by atoms with Crippen LogP contribution in [0, 0.1) is 6.92 Å². The molecule has 8 heteroatoms. The van der Waals surface area contributed by atoms with Gasteiger partial charge in [-0.2, -0.15) is 0 Å². The molecule has 1 heterocycles. The lowest BCUT2D eigenvalue weighted by molar-refractivity contribution is -0.138. The molecule has 0 fully saturated rings. The van der Waals surface area contributed by atoms with Crippen LogP contribution in [-0.2, 0) is 14.3 Å². The minimum absolute atomic E-state index is 0.153. The zero-order valence-electron chi connectivity index (χ0n) is 11.4. The van der Waals surface area contributed by atoms with Crippen molar-refractivity contribution in [2.45, 2.75) is 25.9 Å². The zero-order valence-corrected chi connectivity index (χ0v) is 12.2. The van der Waals surface area contributed by atoms with Gasteiger partial charge in [0.05, 0.1) is 13.2 Å². The van der Waals surface area contributed by atoms with Crippen molar-refractivity contribution in [2.24, 2.45) is 0 Å². The molecule has 1 rings (SSSR count). The van der Waals surface area contributed by atoms with Gasteiger partial charge in [-0.25, -0.2) is 9.78 Å². The Morgan fingerprint density at radius 3 is 2.60 bits per heavy atom. The Balaban J connectivity index is 3.09. The molecule has 0 atom stereocenters. The van der Waals surface area contributed by atoms with Crippen LogP contribution >= 0.6 is 11.8 Å². The summed E-state index contributed by atoms with van der Waals surface area (Å²) < 4.78 is 9.72. The largest absolute Gasteiger partial charge is 0.480 e. The number of hydrogen-bond donors (Lipinski definition) is 2. The summed E-state index contributed by atoms with van der Waals surface area (Å²) in [5, 5.41) is 9.89. The van der Waals surface area contributed by atoms with Crippen molar-refractivity contribution in [1.29, 1.82) is 0 Å². The van der Waals surface area contributed by atoms with Crippen LogP contribution in [0.3, 0.4) is 0 Å². The number of rotatable bonds is 6. The maximum absolute atomic E-state index is 11.8. The fraction of sp³-hybridized carbons (Fsp3) is 0.417. The van der Waals surface area contributed by atoms with Crippen molar-refractivity contribution >= 4 is 17.7 Å². The number of esters is 1. The Kier molecular flexibility index (Phi) is 6.10. The number of nitrogens with zero attached hydrogens (tertiary/aromatic N) is 1. The van der Waals surface area contributed by atoms with E-state index in [1.807, 2.05) is 0 Å². The van der Waals surface area contributed by atoms with Gasteiger partial charge in [-0.05, 0) is 32.5 Å². The molecule has 0 spiro atoms. The molecule has 1 aromatic heterocycles. The van der Waals surface area contributed by atoms with Crippen LogP contribution in [0.4, 0.5) is 0 Å². The van der Waals surface area contributed by atoms with Gasteiger partial charge >= 0.3 is 5.97 Å². The molecular weight excluding hydrogens is 284 g/mol. The number of hydrogen-bond acceptors (Lipinski definition) is 7. The molecule has 0 aliphatic carbocycles. The van der Waals surface area contributed by atoms with E-state index >= 15 is 0 Å². The predicted octanol–water partition coefficient (Wildman–Crippen LogP) is 1.50. The Morgan fingerprint density at radius 1 is 1.40 bits per heavy atom. The Morgan fingerprint density at radius 2 is 2.05 bits per heavy atom. The first kappa shape index (κ1) is 16.1. The van der Waals surface area contributed by atoms with E-state index in [2.05, 4.69) is 9.97 Å². The SMILES string of the molecule is CCOC(=O)/C(Sc1nc(C)cc(=O)[nH]1)=C(/O)OCC. The van der Waals surface area contributed by atoms with Gasteiger partial charge in [0.2, 0.25) is 0 Å². The summed E-state index contributed by atoms with van der Waals surface area (Å²) in [6, 6.07) is 1.32. The molecule has 0 bridgehead atoms. The molecule has 20 heavy (non-hydrogen) atoms. The lowest BCUT2D eigenvalue weighted by Crippen LogP contribution is -2.12. The zero-order chi connectivity index (χ0) is 15.1. The quantitative estimate of drug-likeness (QED) is 0.270. The smallest absolute Gasteiger partial charge is 0.352 e. The number of aliphatic hydroxyl groups is 1. The molecule has 110 valence electrons. The molecule has 7 nitrogen and oxygen atoms in total. The second-order valence-corrected chi connectivity index (χ2v) is 4.58. The van der Waals surface area contributed by atoms with Crippen molar-refractivity contribution in [2.75, 3.05) is 13.2 Å². The lowest BCUT2D eigenvalue weighted by Gasteiger charge is -2.09. The average Bonchev–Trinajstić information content (AvgIpc) is 2.35. The highest BCUT2D eigenvalue weighted by atomic mass is 32.2. The van der Waals surface area contributed by atoms with Gasteiger partial charge in [0, 0.05) is 11.8 Å². The van der Waals surface area contributed by atoms with Gasteiger partial charge in [0.25, 0.3) is 11.5 Å². The number of aliphatic hydroxyl groups excluding tert-OH is 1. The van der Waals surface area contributed by atoms with Crippen LogP contribution in [-0.4, -0.2) is 34.3 Å². The number of ether oxygens (including phenoxy) is 2. The van der Waals surface area contributed by atoms with Crippen molar-refractivity contribution in [3.63, 3.8) is 0 Å². The second-order valence-electron chi connectivity index (χ2n) is 3.58. The minimum atomic E-state index is -0.743. The third-order valence-electron chi connectivity index (χ3n) is 1.98. The average molecular weight is 300 g/mol. The number of aryl methyl sites for hydroxylation is 1. The number of carbonyl (C=O) groups is 1. The molecule has 2 N–H and O–H groups in total. The minimum Gasteiger partial charge on any atom is -0.480 e. The van der Waals surface area contributed by atoms with Gasteiger partial charge in [0.1, 0.15) is 0 Å². The van der Waals surface area contributed by atoms with Crippen LogP contribution in [0.5, 0.6) is 0 Å². The maximum atomic E-state index is 11.8. The topological polar surface area (TPSA) is 102 Å². The summed E-state index contributed by atoms with van der Waals surface area (Å²) in [6.45, 7) is 5.30. The summed E-state index contributed by atoms with van der Waals surface area (Å²) in [7, 11) is 0. The van der Waals surface area contributed by atoms with Gasteiger partial charge in [-0.15, -0.1) is 0 Å². The number of aromatic nitrogens is 2. The van der Waals surface area contributed by atoms with Crippen LogP contribution in [0.1, 0.15) is 19.5 Å². The van der Waals surface area contributed by atoms with E-state index in [9.17, 15) is 14.7 Å². The van der Waals surface area contributed by atoms with Crippen molar-refractivity contribution in [3.8, 4) is 0 Å². The first-order chi connectivity index (χ1) is 9.47. The van der Waals surface area contributed by atoms with E-state index in [1.54, 1.807) is 20.8 Å². The normalized spacial score (nSPS) is 11.8. The molecule has 0 unspecified atom stereocenters. The van der Waals surface area contributed by atoms with Crippen LogP contribution in [0.15, 0.2) is 26.9 Å². The van der Waals surface area contributed by atoms with Gasteiger partial charge in [0.15, 0.2) is 10.1 Å². The molecule has 0 aromatic carbocycles. The van der Waals surface area contributed by atoms with E-state index in [0.717, 1.165) is 11.8 Å². The third-order valence-corrected chi connectivity index (χ3v) is 2.91. The number of nitrogens with one attached hydrogen (secondary N) is 1. The lowest BCUT2D eigenvalue weighted by atomic mass is 10.5. The number of thioether (sulfide) groups is 1. The number of aromatic amines is 1. The molecule has 0 amide bonds. The van der Waals surface area contributed by atoms with Crippen molar-refractivity contribution in [3.05, 3.63) is 33.0 Å². The standard InChI is InChI=1S/C12H16N2O5S/c1-4-18-10(16)9(11(17)19-5-2)20-12-13-7(3)6-8(15)14-12/h6,16H,4-5H2,1-3H3,(H,13,14,15)/b10-9+. The summed E-state index contributed by atoms with van der Waals surface area (Å²) in [6.07, 6.45) is 0. The van der Waals surface area contributed by atoms with Crippen LogP contribution in [0.25, 0.3) is 0 Å². The Labute approximate surface area is 120 Å². The van der Waals surface area contributed by atoms with E-state index < -0.39 is 11.9 Å². The first-order valence-corrected chi connectivity index (χ1v) is 6.78. The summed E-state index contributed by atoms with van der Waals surface area (Å²) in [4.78, 5) is 29.5. The van der Waals surface area contributed by atoms with E-state index in [-0.39, 0.29) is 28.8 Å². The summed E-state index contributed by atoms with van der Waals surface area (Å²) in [5.74, 6) is -1.30. The molecule has 0 radical (unpaired) electrons. The highest BCUT2D eigenvalue weighted by molar-refractivity contribution is 8.03. The summed E-state index contributed by atoms with van der Waals surface area (Å²) in [5.41, 5.74) is 0.148. The van der Waals surface area contributed by atoms with Gasteiger partial charge < -0.3 is 19.6 Å². The predicted molar refractivity (Wildman–Crippen MR) is 73.4 cm³/mol. The van der Waals surface area contributed by atoms with Gasteiger partial charge in [-0.1, -0.05) is 0 Å². The van der Waals surface area contributed by atoms with E-state index in [0.29, 0.717) is 5.69 Å². The Hall–Kier alpha value is -1.96. The molecule has 0 saturated carbocycles. The third kappa shape index (κ3) is 4.61. The highest BCUT2D eigenvalue weighted by Crippen LogP contribution is 2.26. The molecule has 1 aromatic rings. The molecule has 0 aliphatic heterocycles. The van der Waals surface area contributed by atoms with Crippen LogP contribution in [0.2, 0.25) is 0 Å². The Bertz CT molecular complexity index is 567. The van der Waals surface area contributed by atoms with Crippen molar-refractivity contribution in [1.82, 2.24) is 9.97 Å². The fourth-order valence-electron chi connectivity index (χ4n) is 1.27. The maximum Gasteiger partial charge on any atom is 0.352 e.